The van der Waals surface area contributed by atoms with Gasteiger partial charge in [-0.25, -0.2) is 0 Å². The average Bonchev–Trinajstić information content (AvgIpc) is 2.47. The molecule has 2 heterocycles. The second-order valence-corrected chi connectivity index (χ2v) is 5.28. The Morgan fingerprint density at radius 2 is 2.26 bits per heavy atom. The van der Waals surface area contributed by atoms with Gasteiger partial charge in [-0.3, -0.25) is 4.79 Å². The number of carbonyl (C=O) groups is 1. The lowest BCUT2D eigenvalue weighted by Crippen LogP contribution is -2.33. The van der Waals surface area contributed by atoms with Crippen molar-refractivity contribution in [3.05, 3.63) is 34.9 Å². The predicted molar refractivity (Wildman–Crippen MR) is 71.6 cm³/mol. The van der Waals surface area contributed by atoms with Crippen molar-refractivity contribution in [2.24, 2.45) is 0 Å². The maximum Gasteiger partial charge on any atom is 0.251 e. The molecule has 1 N–H and O–H groups in total. The van der Waals surface area contributed by atoms with Crippen LogP contribution in [0.5, 0.6) is 0 Å². The molecule has 0 bridgehead atoms. The van der Waals surface area contributed by atoms with E-state index in [1.165, 1.54) is 0 Å². The first kappa shape index (κ1) is 12.9. The number of carbonyl (C=O) groups excluding carboxylic acids is 1. The van der Waals surface area contributed by atoms with Gasteiger partial charge >= 0.3 is 0 Å². The summed E-state index contributed by atoms with van der Waals surface area (Å²) in [6.07, 6.45) is 0.720. The number of hydrogen-bond acceptors (Lipinski definition) is 3. The maximum atomic E-state index is 11.8. The summed E-state index contributed by atoms with van der Waals surface area (Å²) >= 11 is 6.44. The quantitative estimate of drug-likeness (QED) is 0.839. The van der Waals surface area contributed by atoms with Gasteiger partial charge in [0, 0.05) is 12.1 Å². The van der Waals surface area contributed by atoms with Crippen molar-refractivity contribution in [2.75, 3.05) is 26.4 Å². The van der Waals surface area contributed by atoms with Crippen LogP contribution in [0, 0.1) is 0 Å². The van der Waals surface area contributed by atoms with E-state index in [0.29, 0.717) is 26.4 Å². The van der Waals surface area contributed by atoms with Crippen LogP contribution in [0.3, 0.4) is 0 Å². The Kier molecular flexibility index (Phi) is 3.73. The number of halogens is 1. The summed E-state index contributed by atoms with van der Waals surface area (Å²) in [7, 11) is 0. The average molecular weight is 282 g/mol. The molecule has 0 aliphatic carbocycles. The van der Waals surface area contributed by atoms with Gasteiger partial charge in [-0.05, 0) is 23.6 Å². The van der Waals surface area contributed by atoms with Crippen molar-refractivity contribution in [3.8, 4) is 0 Å². The highest BCUT2D eigenvalue weighted by molar-refractivity contribution is 6.21. The second-order valence-electron chi connectivity index (χ2n) is 4.81. The van der Waals surface area contributed by atoms with Crippen LogP contribution in [0.1, 0.15) is 26.9 Å². The molecule has 0 spiro atoms. The molecule has 102 valence electrons. The molecule has 0 radical (unpaired) electrons. The van der Waals surface area contributed by atoms with Crippen LogP contribution in [0.15, 0.2) is 18.2 Å². The number of fused-ring (bicyclic) bond motifs is 1. The Morgan fingerprint density at radius 1 is 1.37 bits per heavy atom. The van der Waals surface area contributed by atoms with Crippen LogP contribution in [-0.2, 0) is 15.9 Å². The van der Waals surface area contributed by atoms with Gasteiger partial charge in [0.05, 0.1) is 25.2 Å². The van der Waals surface area contributed by atoms with E-state index in [2.05, 4.69) is 5.32 Å². The lowest BCUT2D eigenvalue weighted by molar-refractivity contribution is -0.0892. The minimum absolute atomic E-state index is 0.0206. The van der Waals surface area contributed by atoms with Gasteiger partial charge in [0.15, 0.2) is 0 Å². The molecule has 0 saturated carbocycles. The van der Waals surface area contributed by atoms with Gasteiger partial charge in [0.1, 0.15) is 6.10 Å². The molecule has 5 heteroatoms. The van der Waals surface area contributed by atoms with Crippen LogP contribution >= 0.6 is 11.6 Å². The van der Waals surface area contributed by atoms with Crippen LogP contribution < -0.4 is 5.32 Å². The maximum absolute atomic E-state index is 11.8. The monoisotopic (exact) mass is 281 g/mol. The highest BCUT2D eigenvalue weighted by atomic mass is 35.5. The number of nitrogens with one attached hydrogen (secondary N) is 1. The standard InChI is InChI=1S/C14H16ClNO3/c15-13(12-8-18-5-6-19-12)10-2-1-9-3-4-16-14(17)11(9)7-10/h1-2,7,12-13H,3-6,8H2,(H,16,17). The number of rotatable bonds is 2. The van der Waals surface area contributed by atoms with Crippen molar-refractivity contribution in [2.45, 2.75) is 17.9 Å². The number of alkyl halides is 1. The van der Waals surface area contributed by atoms with E-state index in [0.717, 1.165) is 23.1 Å². The Hall–Kier alpha value is -1.10. The van der Waals surface area contributed by atoms with E-state index in [4.69, 9.17) is 21.1 Å². The summed E-state index contributed by atoms with van der Waals surface area (Å²) in [6.45, 7) is 2.39. The molecule has 2 aliphatic heterocycles. The summed E-state index contributed by atoms with van der Waals surface area (Å²) in [6, 6.07) is 5.84. The first-order chi connectivity index (χ1) is 9.25. The van der Waals surface area contributed by atoms with Crippen molar-refractivity contribution in [1.82, 2.24) is 5.32 Å². The molecule has 2 unspecified atom stereocenters. The molecule has 2 atom stereocenters. The lowest BCUT2D eigenvalue weighted by Gasteiger charge is -2.27. The zero-order valence-corrected chi connectivity index (χ0v) is 11.3. The zero-order chi connectivity index (χ0) is 13.2. The van der Waals surface area contributed by atoms with Crippen LogP contribution in [0.25, 0.3) is 0 Å². The second kappa shape index (κ2) is 5.49. The number of hydrogen-bond donors (Lipinski definition) is 1. The first-order valence-corrected chi connectivity index (χ1v) is 6.94. The molecule has 19 heavy (non-hydrogen) atoms. The summed E-state index contributed by atoms with van der Waals surface area (Å²) in [4.78, 5) is 11.8. The fraction of sp³-hybridized carbons (Fsp3) is 0.500. The van der Waals surface area contributed by atoms with E-state index < -0.39 is 0 Å². The zero-order valence-electron chi connectivity index (χ0n) is 10.5. The molecular formula is C14H16ClNO3. The summed E-state index contributed by atoms with van der Waals surface area (Å²) in [5, 5.41) is 2.55. The van der Waals surface area contributed by atoms with Gasteiger partial charge in [-0.1, -0.05) is 12.1 Å². The highest BCUT2D eigenvalue weighted by Gasteiger charge is 2.26. The Bertz CT molecular complexity index is 486. The number of amides is 1. The molecule has 0 aromatic heterocycles. The third kappa shape index (κ3) is 2.61. The molecule has 1 aromatic rings. The van der Waals surface area contributed by atoms with Crippen molar-refractivity contribution in [1.29, 1.82) is 0 Å². The summed E-state index contributed by atoms with van der Waals surface area (Å²) in [5.74, 6) is -0.0206. The molecule has 2 aliphatic rings. The molecule has 1 fully saturated rings. The van der Waals surface area contributed by atoms with Crippen molar-refractivity contribution >= 4 is 17.5 Å². The van der Waals surface area contributed by atoms with Gasteiger partial charge in [-0.2, -0.15) is 0 Å². The smallest absolute Gasteiger partial charge is 0.251 e. The Morgan fingerprint density at radius 3 is 3.05 bits per heavy atom. The Labute approximate surface area is 117 Å². The molecule has 1 amide bonds. The predicted octanol–water partition coefficient (Wildman–Crippen LogP) is 1.67. The first-order valence-electron chi connectivity index (χ1n) is 6.50. The molecule has 4 nitrogen and oxygen atoms in total. The van der Waals surface area contributed by atoms with Gasteiger partial charge in [0.2, 0.25) is 0 Å². The minimum atomic E-state index is -0.291. The van der Waals surface area contributed by atoms with E-state index >= 15 is 0 Å². The number of benzene rings is 1. The molecular weight excluding hydrogens is 266 g/mol. The minimum Gasteiger partial charge on any atom is -0.376 e. The Balaban J connectivity index is 1.84. The summed E-state index contributed by atoms with van der Waals surface area (Å²) < 4.78 is 11.0. The van der Waals surface area contributed by atoms with Crippen molar-refractivity contribution in [3.63, 3.8) is 0 Å². The van der Waals surface area contributed by atoms with Crippen LogP contribution in [0.2, 0.25) is 0 Å². The van der Waals surface area contributed by atoms with E-state index in [1.807, 2.05) is 18.2 Å². The molecule has 1 saturated heterocycles. The van der Waals surface area contributed by atoms with Crippen LogP contribution in [0.4, 0.5) is 0 Å². The van der Waals surface area contributed by atoms with Crippen molar-refractivity contribution < 1.29 is 14.3 Å². The van der Waals surface area contributed by atoms with E-state index in [9.17, 15) is 4.79 Å². The molecule has 1 aromatic carbocycles. The van der Waals surface area contributed by atoms with E-state index in [-0.39, 0.29) is 17.4 Å². The topological polar surface area (TPSA) is 47.6 Å². The number of ether oxygens (including phenoxy) is 2. The van der Waals surface area contributed by atoms with E-state index in [1.54, 1.807) is 0 Å². The normalized spacial score (nSPS) is 24.5. The largest absolute Gasteiger partial charge is 0.376 e. The van der Waals surface area contributed by atoms with Gasteiger partial charge in [-0.15, -0.1) is 11.6 Å². The van der Waals surface area contributed by atoms with Gasteiger partial charge in [0.25, 0.3) is 5.91 Å². The molecule has 3 rings (SSSR count). The fourth-order valence-corrected chi connectivity index (χ4v) is 2.77. The SMILES string of the molecule is O=C1NCCc2ccc(C(Cl)C3COCCO3)cc21. The lowest BCUT2D eigenvalue weighted by atomic mass is 9.95. The third-order valence-corrected chi connectivity index (χ3v) is 4.08. The summed E-state index contributed by atoms with van der Waals surface area (Å²) in [5.41, 5.74) is 2.72. The third-order valence-electron chi connectivity index (χ3n) is 3.55. The van der Waals surface area contributed by atoms with Crippen LogP contribution in [-0.4, -0.2) is 38.4 Å². The van der Waals surface area contributed by atoms with Gasteiger partial charge < -0.3 is 14.8 Å². The fourth-order valence-electron chi connectivity index (χ4n) is 2.49. The highest BCUT2D eigenvalue weighted by Crippen LogP contribution is 2.30.